The molecule has 1 aromatic carbocycles. The van der Waals surface area contributed by atoms with Crippen molar-refractivity contribution in [3.05, 3.63) is 36.4 Å². The summed E-state index contributed by atoms with van der Waals surface area (Å²) < 4.78 is 25.7. The fraction of sp³-hybridized carbons (Fsp3) is 0.368. The van der Waals surface area contributed by atoms with Crippen LogP contribution in [0.3, 0.4) is 0 Å². The first-order chi connectivity index (χ1) is 13.7. The molecule has 4 atom stereocenters. The maximum Gasteiger partial charge on any atom is 0.264 e. The maximum atomic E-state index is 12.6. The maximum absolute atomic E-state index is 12.6. The summed E-state index contributed by atoms with van der Waals surface area (Å²) in [4.78, 5) is 49.4. The van der Waals surface area contributed by atoms with Crippen LogP contribution in [0.5, 0.6) is 0 Å². The smallest absolute Gasteiger partial charge is 0.264 e. The Morgan fingerprint density at radius 3 is 2.10 bits per heavy atom. The molecule has 2 bridgehead atoms. The van der Waals surface area contributed by atoms with Crippen molar-refractivity contribution in [2.45, 2.75) is 18.2 Å². The Morgan fingerprint density at radius 2 is 1.59 bits per heavy atom. The number of fused-ring (bicyclic) bond motifs is 5. The normalized spacial score (nSPS) is 27.3. The Balaban J connectivity index is 1.40. The van der Waals surface area contributed by atoms with E-state index in [4.69, 9.17) is 0 Å². The van der Waals surface area contributed by atoms with Crippen LogP contribution in [0.2, 0.25) is 0 Å². The second kappa shape index (κ2) is 6.80. The number of carbonyl (C=O) groups excluding carboxylic acids is 4. The first-order valence-electron chi connectivity index (χ1n) is 9.14. The molecule has 0 aromatic heterocycles. The fourth-order valence-electron chi connectivity index (χ4n) is 4.43. The highest BCUT2D eigenvalue weighted by atomic mass is 32.2. The molecule has 4 amide bonds. The second-order valence-corrected chi connectivity index (χ2v) is 9.18. The number of hydrogen-bond acceptors (Lipinski definition) is 6. The topological polar surface area (TPSA) is 130 Å². The van der Waals surface area contributed by atoms with Crippen molar-refractivity contribution in [1.29, 1.82) is 0 Å². The lowest BCUT2D eigenvalue weighted by Crippen LogP contribution is -2.39. The van der Waals surface area contributed by atoms with Gasteiger partial charge in [0, 0.05) is 12.6 Å². The van der Waals surface area contributed by atoms with Gasteiger partial charge in [0.1, 0.15) is 6.54 Å². The molecule has 1 heterocycles. The predicted molar refractivity (Wildman–Crippen MR) is 101 cm³/mol. The van der Waals surface area contributed by atoms with Gasteiger partial charge in [-0.1, -0.05) is 12.2 Å². The number of hydrogen-bond donors (Lipinski definition) is 2. The number of carbonyl (C=O) groups is 4. The minimum absolute atomic E-state index is 0.0765. The standard InChI is InChI=1S/C19H19N3O6S/c1-10(23)21-29(27,28)14-6-4-13(5-7-14)20-15(24)9-22-18(25)16-11-2-3-12(8-11)17(16)19(22)26/h2-7,11-12,16-17H,8-9H2,1H3,(H,20,24)(H,21,23)/t11-,12+,16-,17-/m0/s1. The van der Waals surface area contributed by atoms with Gasteiger partial charge in [0.2, 0.25) is 23.6 Å². The zero-order valence-electron chi connectivity index (χ0n) is 15.5. The highest BCUT2D eigenvalue weighted by Gasteiger charge is 2.59. The molecule has 1 aliphatic heterocycles. The lowest BCUT2D eigenvalue weighted by atomic mass is 9.85. The van der Waals surface area contributed by atoms with Crippen molar-refractivity contribution in [3.8, 4) is 0 Å². The van der Waals surface area contributed by atoms with Crippen molar-refractivity contribution >= 4 is 39.3 Å². The Morgan fingerprint density at radius 1 is 1.03 bits per heavy atom. The largest absolute Gasteiger partial charge is 0.325 e. The van der Waals surface area contributed by atoms with Gasteiger partial charge >= 0.3 is 0 Å². The Labute approximate surface area is 167 Å². The molecule has 29 heavy (non-hydrogen) atoms. The van der Waals surface area contributed by atoms with Gasteiger partial charge in [-0.3, -0.25) is 24.1 Å². The molecule has 2 aliphatic carbocycles. The third kappa shape index (κ3) is 3.33. The summed E-state index contributed by atoms with van der Waals surface area (Å²) in [5.41, 5.74) is 0.304. The van der Waals surface area contributed by atoms with Gasteiger partial charge < -0.3 is 5.32 Å². The van der Waals surface area contributed by atoms with Crippen LogP contribution in [0.15, 0.2) is 41.3 Å². The molecule has 1 saturated carbocycles. The molecule has 3 aliphatic rings. The van der Waals surface area contributed by atoms with Crippen LogP contribution >= 0.6 is 0 Å². The number of anilines is 1. The molecular formula is C19H19N3O6S. The lowest BCUT2D eigenvalue weighted by Gasteiger charge is -2.17. The van der Waals surface area contributed by atoms with Crippen molar-refractivity contribution in [2.75, 3.05) is 11.9 Å². The van der Waals surface area contributed by atoms with E-state index in [0.29, 0.717) is 5.69 Å². The van der Waals surface area contributed by atoms with E-state index < -0.39 is 21.8 Å². The van der Waals surface area contributed by atoms with E-state index in [-0.39, 0.29) is 46.9 Å². The van der Waals surface area contributed by atoms with Crippen LogP contribution in [-0.2, 0) is 29.2 Å². The van der Waals surface area contributed by atoms with Gasteiger partial charge in [-0.05, 0) is 42.5 Å². The van der Waals surface area contributed by atoms with Crippen LogP contribution in [0, 0.1) is 23.7 Å². The van der Waals surface area contributed by atoms with Crippen molar-refractivity contribution in [1.82, 2.24) is 9.62 Å². The summed E-state index contributed by atoms with van der Waals surface area (Å²) in [5, 5.41) is 2.55. The number of likely N-dealkylation sites (tertiary alicyclic amines) is 1. The van der Waals surface area contributed by atoms with Gasteiger partial charge in [-0.15, -0.1) is 0 Å². The summed E-state index contributed by atoms with van der Waals surface area (Å²) in [7, 11) is -3.97. The molecule has 10 heteroatoms. The number of nitrogens with zero attached hydrogens (tertiary/aromatic N) is 1. The van der Waals surface area contributed by atoms with E-state index in [1.807, 2.05) is 16.9 Å². The number of nitrogens with one attached hydrogen (secondary N) is 2. The highest BCUT2D eigenvalue weighted by Crippen LogP contribution is 2.52. The minimum atomic E-state index is -3.97. The van der Waals surface area contributed by atoms with Crippen LogP contribution in [0.1, 0.15) is 13.3 Å². The van der Waals surface area contributed by atoms with Gasteiger partial charge in [0.25, 0.3) is 10.0 Å². The molecule has 2 N–H and O–H groups in total. The Hall–Kier alpha value is -3.01. The highest BCUT2D eigenvalue weighted by molar-refractivity contribution is 7.90. The fourth-order valence-corrected chi connectivity index (χ4v) is 5.42. The van der Waals surface area contributed by atoms with Gasteiger partial charge in [-0.2, -0.15) is 0 Å². The van der Waals surface area contributed by atoms with Crippen molar-refractivity contribution in [3.63, 3.8) is 0 Å². The molecule has 1 aromatic rings. The van der Waals surface area contributed by atoms with E-state index in [9.17, 15) is 27.6 Å². The number of imide groups is 1. The SMILES string of the molecule is CC(=O)NS(=O)(=O)c1ccc(NC(=O)CN2C(=O)[C@@H]3[C@@H](C2=O)[C@H]2C=C[C@@H]3C2)cc1. The van der Waals surface area contributed by atoms with Crippen molar-refractivity contribution < 1.29 is 27.6 Å². The first-order valence-corrected chi connectivity index (χ1v) is 10.6. The average Bonchev–Trinajstić information content (AvgIpc) is 3.31. The molecule has 4 rings (SSSR count). The molecule has 0 spiro atoms. The Bertz CT molecular complexity index is 1020. The number of rotatable bonds is 5. The number of allylic oxidation sites excluding steroid dienone is 2. The number of benzene rings is 1. The van der Waals surface area contributed by atoms with Crippen molar-refractivity contribution in [2.24, 2.45) is 23.7 Å². The van der Waals surface area contributed by atoms with Crippen LogP contribution < -0.4 is 10.0 Å². The van der Waals surface area contributed by atoms with E-state index in [1.54, 1.807) is 0 Å². The third-order valence-corrected chi connectivity index (χ3v) is 7.04. The monoisotopic (exact) mass is 417 g/mol. The van der Waals surface area contributed by atoms with E-state index in [2.05, 4.69) is 5.32 Å². The predicted octanol–water partition coefficient (Wildman–Crippen LogP) is 0.257. The molecular weight excluding hydrogens is 398 g/mol. The second-order valence-electron chi connectivity index (χ2n) is 7.50. The van der Waals surface area contributed by atoms with Crippen LogP contribution in [0.4, 0.5) is 5.69 Å². The summed E-state index contributed by atoms with van der Waals surface area (Å²) in [6, 6.07) is 5.19. The molecule has 9 nitrogen and oxygen atoms in total. The summed E-state index contributed by atoms with van der Waals surface area (Å²) in [5.74, 6) is -2.43. The van der Waals surface area contributed by atoms with Gasteiger partial charge in [0.05, 0.1) is 16.7 Å². The lowest BCUT2D eigenvalue weighted by molar-refractivity contribution is -0.143. The zero-order chi connectivity index (χ0) is 20.9. The van der Waals surface area contributed by atoms with Crippen LogP contribution in [0.25, 0.3) is 0 Å². The average molecular weight is 417 g/mol. The Kier molecular flexibility index (Phi) is 4.53. The molecule has 2 fully saturated rings. The minimum Gasteiger partial charge on any atom is -0.325 e. The number of amides is 4. The third-order valence-electron chi connectivity index (χ3n) is 5.59. The molecule has 0 radical (unpaired) electrons. The summed E-state index contributed by atoms with van der Waals surface area (Å²) >= 11 is 0. The first kappa shape index (κ1) is 19.3. The summed E-state index contributed by atoms with van der Waals surface area (Å²) in [6.45, 7) is 0.707. The van der Waals surface area contributed by atoms with Crippen LogP contribution in [-0.4, -0.2) is 43.5 Å². The molecule has 152 valence electrons. The molecule has 1 saturated heterocycles. The summed E-state index contributed by atoms with van der Waals surface area (Å²) in [6.07, 6.45) is 4.79. The number of sulfonamides is 1. The van der Waals surface area contributed by atoms with E-state index in [0.717, 1.165) is 18.2 Å². The van der Waals surface area contributed by atoms with Gasteiger partial charge in [0.15, 0.2) is 0 Å². The van der Waals surface area contributed by atoms with E-state index >= 15 is 0 Å². The zero-order valence-corrected chi connectivity index (χ0v) is 16.3. The van der Waals surface area contributed by atoms with Gasteiger partial charge in [-0.25, -0.2) is 13.1 Å². The molecule has 0 unspecified atom stereocenters. The van der Waals surface area contributed by atoms with E-state index in [1.165, 1.54) is 24.3 Å². The quantitative estimate of drug-likeness (QED) is 0.522.